The lowest BCUT2D eigenvalue weighted by Crippen LogP contribution is -2.29. The van der Waals surface area contributed by atoms with Crippen molar-refractivity contribution in [2.75, 3.05) is 18.9 Å². The summed E-state index contributed by atoms with van der Waals surface area (Å²) in [7, 11) is 3.68. The molecule has 2 heterocycles. The highest BCUT2D eigenvalue weighted by Gasteiger charge is 2.13. The summed E-state index contributed by atoms with van der Waals surface area (Å²) < 4.78 is 7.05. The minimum atomic E-state index is -0.0959. The van der Waals surface area contributed by atoms with Crippen molar-refractivity contribution in [3.63, 3.8) is 0 Å². The molecule has 0 bridgehead atoms. The average Bonchev–Trinajstić information content (AvgIpc) is 3.14. The summed E-state index contributed by atoms with van der Waals surface area (Å²) in [5.74, 6) is 0.619. The van der Waals surface area contributed by atoms with Crippen LogP contribution in [0.2, 0.25) is 0 Å². The third-order valence-corrected chi connectivity index (χ3v) is 3.76. The van der Waals surface area contributed by atoms with Gasteiger partial charge in [-0.15, -0.1) is 0 Å². The zero-order valence-corrected chi connectivity index (χ0v) is 14.6. The van der Waals surface area contributed by atoms with E-state index in [1.54, 1.807) is 10.9 Å². The normalized spacial score (nSPS) is 11.0. The zero-order valence-electron chi connectivity index (χ0n) is 14.6. The van der Waals surface area contributed by atoms with E-state index in [1.165, 1.54) is 0 Å². The van der Waals surface area contributed by atoms with Crippen LogP contribution in [0.1, 0.15) is 11.5 Å². The van der Waals surface area contributed by atoms with Gasteiger partial charge in [-0.3, -0.25) is 14.4 Å². The molecule has 3 aromatic rings. The first kappa shape index (κ1) is 16.9. The number of hydrogen-bond donors (Lipinski definition) is 1. The maximum Gasteiger partial charge on any atom is 0.238 e. The van der Waals surface area contributed by atoms with Gasteiger partial charge in [-0.05, 0) is 14.0 Å². The number of nitrogens with zero attached hydrogens (tertiary/aromatic N) is 4. The first-order valence-electron chi connectivity index (χ1n) is 8.01. The number of rotatable bonds is 6. The van der Waals surface area contributed by atoms with E-state index in [4.69, 9.17) is 4.52 Å². The second-order valence-corrected chi connectivity index (χ2v) is 6.07. The molecular formula is C18H21N5O2. The first-order valence-corrected chi connectivity index (χ1v) is 8.01. The second-order valence-electron chi connectivity index (χ2n) is 6.07. The Morgan fingerprint density at radius 1 is 1.32 bits per heavy atom. The Morgan fingerprint density at radius 3 is 2.76 bits per heavy atom. The standard InChI is InChI=1S/C18H21N5O2/c1-13-17(11-23(3)20-13)19-18(24)12-22(2)10-15-9-16(21-25-15)14-7-5-4-6-8-14/h4-9,11H,10,12H2,1-3H3,(H,19,24). The summed E-state index contributed by atoms with van der Waals surface area (Å²) in [6, 6.07) is 11.7. The topological polar surface area (TPSA) is 76.2 Å². The van der Waals surface area contributed by atoms with Crippen molar-refractivity contribution in [1.82, 2.24) is 19.8 Å². The molecule has 1 aromatic carbocycles. The number of carbonyl (C=O) groups is 1. The lowest BCUT2D eigenvalue weighted by atomic mass is 10.1. The van der Waals surface area contributed by atoms with Crippen LogP contribution >= 0.6 is 0 Å². The largest absolute Gasteiger partial charge is 0.359 e. The van der Waals surface area contributed by atoms with E-state index in [0.717, 1.165) is 22.6 Å². The van der Waals surface area contributed by atoms with Crippen molar-refractivity contribution >= 4 is 11.6 Å². The Labute approximate surface area is 146 Å². The maximum absolute atomic E-state index is 12.2. The Kier molecular flexibility index (Phi) is 4.95. The van der Waals surface area contributed by atoms with Gasteiger partial charge in [0, 0.05) is 24.9 Å². The molecular weight excluding hydrogens is 318 g/mol. The van der Waals surface area contributed by atoms with Crippen LogP contribution < -0.4 is 5.32 Å². The molecule has 0 aliphatic heterocycles. The van der Waals surface area contributed by atoms with E-state index in [2.05, 4.69) is 15.6 Å². The highest BCUT2D eigenvalue weighted by Crippen LogP contribution is 2.19. The average molecular weight is 339 g/mol. The fourth-order valence-corrected chi connectivity index (χ4v) is 2.61. The molecule has 25 heavy (non-hydrogen) atoms. The predicted octanol–water partition coefficient (Wildman–Crippen LogP) is 2.45. The smallest absolute Gasteiger partial charge is 0.238 e. The molecule has 1 N–H and O–H groups in total. The van der Waals surface area contributed by atoms with Crippen molar-refractivity contribution in [3.05, 3.63) is 54.0 Å². The van der Waals surface area contributed by atoms with E-state index < -0.39 is 0 Å². The molecule has 7 nitrogen and oxygen atoms in total. The van der Waals surface area contributed by atoms with Crippen LogP contribution in [0.25, 0.3) is 11.3 Å². The van der Waals surface area contributed by atoms with E-state index in [1.807, 2.05) is 62.3 Å². The highest BCUT2D eigenvalue weighted by molar-refractivity contribution is 5.92. The number of anilines is 1. The van der Waals surface area contributed by atoms with Crippen molar-refractivity contribution in [2.24, 2.45) is 7.05 Å². The fraction of sp³-hybridized carbons (Fsp3) is 0.278. The van der Waals surface area contributed by atoms with Gasteiger partial charge < -0.3 is 9.84 Å². The van der Waals surface area contributed by atoms with E-state index in [0.29, 0.717) is 12.3 Å². The molecule has 0 spiro atoms. The van der Waals surface area contributed by atoms with Gasteiger partial charge in [-0.2, -0.15) is 5.10 Å². The number of benzene rings is 1. The van der Waals surface area contributed by atoms with Gasteiger partial charge in [-0.25, -0.2) is 0 Å². The number of amides is 1. The minimum absolute atomic E-state index is 0.0959. The van der Waals surface area contributed by atoms with Gasteiger partial charge in [0.15, 0.2) is 5.76 Å². The molecule has 0 saturated carbocycles. The van der Waals surface area contributed by atoms with Crippen molar-refractivity contribution < 1.29 is 9.32 Å². The third-order valence-electron chi connectivity index (χ3n) is 3.76. The van der Waals surface area contributed by atoms with E-state index in [-0.39, 0.29) is 12.5 Å². The molecule has 2 aromatic heterocycles. The fourth-order valence-electron chi connectivity index (χ4n) is 2.61. The second kappa shape index (κ2) is 7.31. The molecule has 1 amide bonds. The van der Waals surface area contributed by atoms with E-state index >= 15 is 0 Å². The SMILES string of the molecule is Cc1nn(C)cc1NC(=O)CN(C)Cc1cc(-c2ccccc2)no1. The quantitative estimate of drug-likeness (QED) is 0.746. The van der Waals surface area contributed by atoms with Crippen LogP contribution in [0.4, 0.5) is 5.69 Å². The minimum Gasteiger partial charge on any atom is -0.359 e. The van der Waals surface area contributed by atoms with Crippen molar-refractivity contribution in [1.29, 1.82) is 0 Å². The van der Waals surface area contributed by atoms with Crippen molar-refractivity contribution in [2.45, 2.75) is 13.5 Å². The highest BCUT2D eigenvalue weighted by atomic mass is 16.5. The van der Waals surface area contributed by atoms with Crippen LogP contribution in [0.15, 0.2) is 47.1 Å². The molecule has 0 unspecified atom stereocenters. The molecule has 130 valence electrons. The molecule has 0 radical (unpaired) electrons. The summed E-state index contributed by atoms with van der Waals surface area (Å²) in [6.07, 6.45) is 1.79. The first-order chi connectivity index (χ1) is 12.0. The Morgan fingerprint density at radius 2 is 2.08 bits per heavy atom. The van der Waals surface area contributed by atoms with Gasteiger partial charge >= 0.3 is 0 Å². The zero-order chi connectivity index (χ0) is 17.8. The molecule has 0 atom stereocenters. The van der Waals surface area contributed by atoms with Crippen LogP contribution in [-0.4, -0.2) is 39.3 Å². The van der Waals surface area contributed by atoms with Gasteiger partial charge in [0.25, 0.3) is 0 Å². The number of aryl methyl sites for hydroxylation is 2. The Balaban J connectivity index is 1.56. The molecule has 7 heteroatoms. The number of hydrogen-bond acceptors (Lipinski definition) is 5. The van der Waals surface area contributed by atoms with Gasteiger partial charge in [0.2, 0.25) is 5.91 Å². The lowest BCUT2D eigenvalue weighted by Gasteiger charge is -2.14. The molecule has 0 aliphatic carbocycles. The number of likely N-dealkylation sites (N-methyl/N-ethyl adjacent to an activating group) is 1. The van der Waals surface area contributed by atoms with Crippen LogP contribution in [0.3, 0.4) is 0 Å². The van der Waals surface area contributed by atoms with Crippen LogP contribution in [0, 0.1) is 6.92 Å². The number of aromatic nitrogens is 3. The monoisotopic (exact) mass is 339 g/mol. The lowest BCUT2D eigenvalue weighted by molar-refractivity contribution is -0.117. The summed E-state index contributed by atoms with van der Waals surface area (Å²) >= 11 is 0. The van der Waals surface area contributed by atoms with Crippen molar-refractivity contribution in [3.8, 4) is 11.3 Å². The maximum atomic E-state index is 12.2. The number of carbonyl (C=O) groups excluding carboxylic acids is 1. The van der Waals surface area contributed by atoms with Gasteiger partial charge in [0.1, 0.15) is 5.69 Å². The Bertz CT molecular complexity index is 853. The van der Waals surface area contributed by atoms with Crippen LogP contribution in [0.5, 0.6) is 0 Å². The van der Waals surface area contributed by atoms with Crippen LogP contribution in [-0.2, 0) is 18.4 Å². The van der Waals surface area contributed by atoms with Gasteiger partial charge in [0.05, 0.1) is 24.5 Å². The summed E-state index contributed by atoms with van der Waals surface area (Å²) in [6.45, 7) is 2.61. The summed E-state index contributed by atoms with van der Waals surface area (Å²) in [5, 5.41) is 11.2. The summed E-state index contributed by atoms with van der Waals surface area (Å²) in [4.78, 5) is 14.0. The Hall–Kier alpha value is -2.93. The molecule has 0 saturated heterocycles. The summed E-state index contributed by atoms with van der Waals surface area (Å²) in [5.41, 5.74) is 3.32. The predicted molar refractivity (Wildman–Crippen MR) is 94.8 cm³/mol. The molecule has 3 rings (SSSR count). The molecule has 0 aliphatic rings. The van der Waals surface area contributed by atoms with Gasteiger partial charge in [-0.1, -0.05) is 35.5 Å². The third kappa shape index (κ3) is 4.33. The molecule has 0 fully saturated rings. The number of nitrogens with one attached hydrogen (secondary N) is 1. The van der Waals surface area contributed by atoms with E-state index in [9.17, 15) is 4.79 Å².